The van der Waals surface area contributed by atoms with Crippen molar-refractivity contribution in [2.75, 3.05) is 12.0 Å². The molecule has 29 heteroatoms. The highest BCUT2D eigenvalue weighted by molar-refractivity contribution is 9.10. The molecular weight excluding hydrogens is 1200 g/mol. The van der Waals surface area contributed by atoms with Gasteiger partial charge in [-0.05, 0) is 54.5 Å². The molecule has 78 heavy (non-hydrogen) atoms. The van der Waals surface area contributed by atoms with E-state index in [2.05, 4.69) is 27.1 Å². The number of alkyl halides is 24. The van der Waals surface area contributed by atoms with Crippen molar-refractivity contribution in [2.24, 2.45) is 0 Å². The highest BCUT2D eigenvalue weighted by atomic mass is 79.9. The molecule has 418 valence electrons. The lowest BCUT2D eigenvalue weighted by molar-refractivity contribution is -0.144. The van der Waals surface area contributed by atoms with Gasteiger partial charge >= 0.3 is 49.4 Å². The molecule has 6 aromatic carbocycles. The zero-order chi connectivity index (χ0) is 59.2. The van der Waals surface area contributed by atoms with Crippen LogP contribution in [0.15, 0.2) is 132 Å². The molecule has 6 aromatic rings. The predicted molar refractivity (Wildman–Crippen MR) is 241 cm³/mol. The number of ketones is 1. The molecule has 0 saturated carbocycles. The second-order valence-electron chi connectivity index (χ2n) is 16.9. The van der Waals surface area contributed by atoms with Gasteiger partial charge in [-0.25, -0.2) is 0 Å². The standard InChI is InChI=1S/C32H12BF24.C17H14BrO2S/c34-25(35,36)13-1-14(26(37,38)39)6-21(5-13)33(22-7-15(27(40,41)42)2-16(8-22)28(43,44)45,23-9-17(29(46,47)48)3-18(10-23)30(49,50)51)24-11-19(31(52,53)54)4-20(12-24)32(55,56)57;1-21(20,12-11-14-5-3-2-4-6-14)13-17(19)15-7-9-16(18)10-8-15/h1-12H;2-10H,13H2,1H3/q-1;+1. The third kappa shape index (κ3) is 15.2. The van der Waals surface area contributed by atoms with Gasteiger partial charge in [-0.3, -0.25) is 4.79 Å². The van der Waals surface area contributed by atoms with E-state index < -0.39 is 205 Å². The van der Waals surface area contributed by atoms with Gasteiger partial charge in [0.15, 0.2) is 20.9 Å². The van der Waals surface area contributed by atoms with Crippen molar-refractivity contribution in [1.82, 2.24) is 0 Å². The zero-order valence-corrected chi connectivity index (χ0v) is 40.5. The Morgan fingerprint density at radius 1 is 0.410 bits per heavy atom. The Bertz CT molecular complexity index is 2850. The third-order valence-electron chi connectivity index (χ3n) is 11.2. The van der Waals surface area contributed by atoms with E-state index in [0.29, 0.717) is 5.56 Å². The minimum absolute atomic E-state index is 0.0610. The van der Waals surface area contributed by atoms with E-state index in [1.807, 2.05) is 30.3 Å². The molecule has 0 fully saturated rings. The molecule has 0 radical (unpaired) electrons. The maximum Gasteiger partial charge on any atom is 0.416 e. The number of carbonyl (C=O) groups excluding carboxylic acids is 1. The lowest BCUT2D eigenvalue weighted by atomic mass is 9.12. The maximum absolute atomic E-state index is 14.2. The van der Waals surface area contributed by atoms with Crippen LogP contribution in [0.25, 0.3) is 0 Å². The summed E-state index contributed by atoms with van der Waals surface area (Å²) in [4.78, 5) is 12.1. The number of carbonyl (C=O) groups is 1. The molecule has 6 rings (SSSR count). The first kappa shape index (κ1) is 62.4. The van der Waals surface area contributed by atoms with Crippen LogP contribution in [0.2, 0.25) is 0 Å². The summed E-state index contributed by atoms with van der Waals surface area (Å²) in [6.45, 7) is 0. The average Bonchev–Trinajstić information content (AvgIpc) is 3.29. The van der Waals surface area contributed by atoms with Gasteiger partial charge in [0.2, 0.25) is 5.78 Å². The third-order valence-corrected chi connectivity index (χ3v) is 13.1. The first-order valence-corrected chi connectivity index (χ1v) is 23.8. The molecule has 0 aliphatic rings. The largest absolute Gasteiger partial charge is 0.416 e. The molecule has 0 aliphatic carbocycles. The molecule has 0 bridgehead atoms. The Morgan fingerprint density at radius 2 is 0.654 bits per heavy atom. The second-order valence-corrected chi connectivity index (χ2v) is 20.3. The summed E-state index contributed by atoms with van der Waals surface area (Å²) in [7, 11) is -2.51. The van der Waals surface area contributed by atoms with Crippen LogP contribution in [0.4, 0.5) is 105 Å². The van der Waals surface area contributed by atoms with Crippen LogP contribution in [0.1, 0.15) is 60.4 Å². The van der Waals surface area contributed by atoms with Crippen molar-refractivity contribution in [2.45, 2.75) is 49.4 Å². The van der Waals surface area contributed by atoms with E-state index in [1.54, 1.807) is 24.3 Å². The van der Waals surface area contributed by atoms with Crippen molar-refractivity contribution >= 4 is 59.6 Å². The van der Waals surface area contributed by atoms with Crippen LogP contribution in [0, 0.1) is 11.2 Å². The number of rotatable bonds is 7. The van der Waals surface area contributed by atoms with Gasteiger partial charge in [0, 0.05) is 15.6 Å². The number of halogens is 25. The Labute approximate surface area is 432 Å². The predicted octanol–water partition coefficient (Wildman–Crippen LogP) is 15.0. The first-order chi connectivity index (χ1) is 35.2. The topological polar surface area (TPSA) is 34.1 Å². The molecule has 1 unspecified atom stereocenters. The minimum Gasteiger partial charge on any atom is -0.289 e. The first-order valence-electron chi connectivity index (χ1n) is 20.9. The van der Waals surface area contributed by atoms with Crippen molar-refractivity contribution in [3.05, 3.63) is 188 Å². The van der Waals surface area contributed by atoms with E-state index in [0.717, 1.165) is 10.0 Å². The van der Waals surface area contributed by atoms with E-state index in [1.165, 1.54) is 6.26 Å². The number of benzene rings is 6. The summed E-state index contributed by atoms with van der Waals surface area (Å²) >= 11 is 3.32. The van der Waals surface area contributed by atoms with E-state index >= 15 is 0 Å². The minimum atomic E-state index is -6.13. The Balaban J connectivity index is 0.000000443. The Hall–Kier alpha value is -6.44. The monoisotopic (exact) mass is 1220 g/mol. The van der Waals surface area contributed by atoms with Crippen molar-refractivity contribution < 1.29 is 114 Å². The van der Waals surface area contributed by atoms with Crippen LogP contribution in [0.5, 0.6) is 0 Å². The molecule has 0 aliphatic heterocycles. The smallest absolute Gasteiger partial charge is 0.289 e. The Morgan fingerprint density at radius 3 is 0.885 bits per heavy atom. The molecule has 2 nitrogen and oxygen atoms in total. The van der Waals surface area contributed by atoms with Gasteiger partial charge in [-0.1, -0.05) is 99.0 Å². The lowest BCUT2D eigenvalue weighted by Gasteiger charge is -2.46. The lowest BCUT2D eigenvalue weighted by Crippen LogP contribution is -2.75. The molecule has 0 N–H and O–H groups in total. The number of hydrogen-bond donors (Lipinski definition) is 0. The van der Waals surface area contributed by atoms with E-state index in [-0.39, 0.29) is 11.5 Å². The highest BCUT2D eigenvalue weighted by Crippen LogP contribution is 2.41. The summed E-state index contributed by atoms with van der Waals surface area (Å²) in [5, 5.41) is 2.74. The highest BCUT2D eigenvalue weighted by Gasteiger charge is 2.47. The molecule has 0 saturated heterocycles. The summed E-state index contributed by atoms with van der Waals surface area (Å²) < 4.78 is 354. The maximum atomic E-state index is 14.2. The second kappa shape index (κ2) is 21.7. The fraction of sp³-hybridized carbons (Fsp3) is 0.204. The summed E-state index contributed by atoms with van der Waals surface area (Å²) in [5.41, 5.74) is -28.9. The molecular formula is C49H26BBrF24O2S. The molecule has 0 spiro atoms. The van der Waals surface area contributed by atoms with Gasteiger partial charge in [-0.15, -0.1) is 0 Å². The van der Waals surface area contributed by atoms with Gasteiger partial charge in [-0.2, -0.15) is 127 Å². The fourth-order valence-corrected chi connectivity index (χ4v) is 9.10. The van der Waals surface area contributed by atoms with Gasteiger partial charge in [0.1, 0.15) is 12.4 Å². The van der Waals surface area contributed by atoms with Gasteiger partial charge in [0.25, 0.3) is 0 Å². The fourth-order valence-electron chi connectivity index (χ4n) is 7.76. The SMILES string of the molecule is C[S+](=O)(C#Cc1ccccc1)CC(=O)c1ccc(Br)cc1.FC(F)(F)c1cc([B-](c2cc(C(F)(F)F)cc(C(F)(F)F)c2)(c2cc(C(F)(F)F)cc(C(F)(F)F)c2)c2cc(C(F)(F)F)cc(C(F)(F)F)c2)cc(C(F)(F)F)c1. The van der Waals surface area contributed by atoms with E-state index in [4.69, 9.17) is 0 Å². The molecule has 1 atom stereocenters. The normalized spacial score (nSPS) is 13.9. The van der Waals surface area contributed by atoms with Crippen LogP contribution >= 0.6 is 15.9 Å². The van der Waals surface area contributed by atoms with Crippen molar-refractivity contribution in [3.8, 4) is 11.2 Å². The van der Waals surface area contributed by atoms with Crippen LogP contribution in [-0.2, 0) is 63.6 Å². The summed E-state index contributed by atoms with van der Waals surface area (Å²) in [6, 6.07) is 7.53. The van der Waals surface area contributed by atoms with Crippen LogP contribution in [0.3, 0.4) is 0 Å². The van der Waals surface area contributed by atoms with Crippen molar-refractivity contribution in [1.29, 1.82) is 0 Å². The zero-order valence-electron chi connectivity index (χ0n) is 38.1. The van der Waals surface area contributed by atoms with Crippen LogP contribution in [-0.4, -0.2) is 23.9 Å². The Kier molecular flexibility index (Phi) is 17.3. The number of Topliss-reactive ketones (excluding diaryl/α,β-unsaturated/α-hetero) is 1. The van der Waals surface area contributed by atoms with Crippen molar-refractivity contribution in [3.63, 3.8) is 0 Å². The summed E-state index contributed by atoms with van der Waals surface area (Å²) in [5.74, 6) is 2.65. The molecule has 0 heterocycles. The van der Waals surface area contributed by atoms with Crippen LogP contribution < -0.4 is 21.9 Å². The summed E-state index contributed by atoms with van der Waals surface area (Å²) in [6.07, 6.45) is -53.3. The van der Waals surface area contributed by atoms with E-state index in [9.17, 15) is 114 Å². The molecule has 0 amide bonds. The van der Waals surface area contributed by atoms with Gasteiger partial charge in [0.05, 0.1) is 44.5 Å². The quantitative estimate of drug-likeness (QED) is 0.0525. The van der Waals surface area contributed by atoms with Gasteiger partial charge < -0.3 is 0 Å². The average molecular weight is 1230 g/mol. The molecule has 0 aromatic heterocycles. The number of hydrogen-bond acceptors (Lipinski definition) is 2.